The maximum atomic E-state index is 4.46. The minimum atomic E-state index is 0.327. The Morgan fingerprint density at radius 2 is 2.00 bits per heavy atom. The third-order valence-electron chi connectivity index (χ3n) is 3.32. The summed E-state index contributed by atoms with van der Waals surface area (Å²) < 4.78 is 1.99. The molecule has 2 rings (SSSR count). The van der Waals surface area contributed by atoms with Crippen LogP contribution in [0, 0.1) is 6.92 Å². The van der Waals surface area contributed by atoms with Crippen molar-refractivity contribution in [3.8, 4) is 0 Å². The van der Waals surface area contributed by atoms with Gasteiger partial charge in [0.25, 0.3) is 0 Å². The number of aromatic nitrogens is 2. The summed E-state index contributed by atoms with van der Waals surface area (Å²) in [7, 11) is 2.02. The molecular formula is C16H23N3. The van der Waals surface area contributed by atoms with Gasteiger partial charge in [0.05, 0.1) is 17.4 Å². The predicted molar refractivity (Wildman–Crippen MR) is 79.1 cm³/mol. The summed E-state index contributed by atoms with van der Waals surface area (Å²) >= 11 is 0. The fourth-order valence-electron chi connectivity index (χ4n) is 2.41. The predicted octanol–water partition coefficient (Wildman–Crippen LogP) is 3.01. The number of nitrogens with zero attached hydrogens (tertiary/aromatic N) is 2. The molecule has 3 heteroatoms. The number of aryl methyl sites for hydroxylation is 2. The van der Waals surface area contributed by atoms with Crippen LogP contribution in [0.1, 0.15) is 36.3 Å². The van der Waals surface area contributed by atoms with Gasteiger partial charge in [-0.15, -0.1) is 0 Å². The van der Waals surface area contributed by atoms with Crippen molar-refractivity contribution in [2.45, 2.75) is 32.7 Å². The van der Waals surface area contributed by atoms with E-state index in [9.17, 15) is 0 Å². The molecule has 1 N–H and O–H groups in total. The van der Waals surface area contributed by atoms with Crippen LogP contribution in [-0.4, -0.2) is 16.3 Å². The molecule has 1 atom stereocenters. The zero-order chi connectivity index (χ0) is 13.7. The number of hydrogen-bond donors (Lipinski definition) is 1. The van der Waals surface area contributed by atoms with Crippen molar-refractivity contribution in [2.24, 2.45) is 7.05 Å². The van der Waals surface area contributed by atoms with E-state index in [0.717, 1.165) is 25.1 Å². The van der Waals surface area contributed by atoms with Crippen LogP contribution in [0.15, 0.2) is 36.4 Å². The van der Waals surface area contributed by atoms with Gasteiger partial charge in [-0.2, -0.15) is 5.10 Å². The molecule has 0 spiro atoms. The molecule has 0 aliphatic heterocycles. The average Bonchev–Trinajstić information content (AvgIpc) is 2.75. The van der Waals surface area contributed by atoms with Crippen LogP contribution >= 0.6 is 0 Å². The molecule has 1 aromatic carbocycles. The smallest absolute Gasteiger partial charge is 0.0597 e. The third kappa shape index (κ3) is 3.67. The van der Waals surface area contributed by atoms with Crippen molar-refractivity contribution in [3.63, 3.8) is 0 Å². The Kier molecular flexibility index (Phi) is 4.74. The Hall–Kier alpha value is -1.61. The van der Waals surface area contributed by atoms with Gasteiger partial charge in [0, 0.05) is 7.05 Å². The molecule has 0 aliphatic rings. The number of rotatable bonds is 6. The summed E-state index contributed by atoms with van der Waals surface area (Å²) in [6.45, 7) is 5.27. The molecule has 2 aromatic rings. The Bertz CT molecular complexity index is 502. The summed E-state index contributed by atoms with van der Waals surface area (Å²) in [5.41, 5.74) is 3.69. The zero-order valence-corrected chi connectivity index (χ0v) is 12.1. The minimum Gasteiger partial charge on any atom is -0.308 e. The van der Waals surface area contributed by atoms with Gasteiger partial charge >= 0.3 is 0 Å². The molecule has 0 bridgehead atoms. The Balaban J connectivity index is 2.18. The molecule has 102 valence electrons. The van der Waals surface area contributed by atoms with E-state index in [4.69, 9.17) is 0 Å². The first-order chi connectivity index (χ1) is 9.20. The van der Waals surface area contributed by atoms with E-state index in [2.05, 4.69) is 53.7 Å². The summed E-state index contributed by atoms with van der Waals surface area (Å²) in [6.07, 6.45) is 2.14. The Labute approximate surface area is 115 Å². The van der Waals surface area contributed by atoms with E-state index in [1.165, 1.54) is 11.3 Å². The van der Waals surface area contributed by atoms with Gasteiger partial charge in [-0.1, -0.05) is 37.3 Å². The van der Waals surface area contributed by atoms with Gasteiger partial charge in [-0.05, 0) is 37.9 Å². The van der Waals surface area contributed by atoms with Gasteiger partial charge in [-0.25, -0.2) is 0 Å². The highest BCUT2D eigenvalue weighted by molar-refractivity contribution is 5.20. The van der Waals surface area contributed by atoms with E-state index in [1.807, 2.05) is 18.7 Å². The topological polar surface area (TPSA) is 29.9 Å². The SMILES string of the molecule is CCCNC(Cc1ccccc1)c1cc(C)nn1C. The molecule has 0 saturated heterocycles. The van der Waals surface area contributed by atoms with Crippen LogP contribution in [0.4, 0.5) is 0 Å². The second-order valence-electron chi connectivity index (χ2n) is 5.03. The maximum absolute atomic E-state index is 4.46. The fourth-order valence-corrected chi connectivity index (χ4v) is 2.41. The lowest BCUT2D eigenvalue weighted by atomic mass is 10.0. The highest BCUT2D eigenvalue weighted by Gasteiger charge is 2.15. The number of benzene rings is 1. The monoisotopic (exact) mass is 257 g/mol. The molecule has 0 radical (unpaired) electrons. The van der Waals surface area contributed by atoms with Crippen molar-refractivity contribution < 1.29 is 0 Å². The highest BCUT2D eigenvalue weighted by Crippen LogP contribution is 2.19. The van der Waals surface area contributed by atoms with Crippen LogP contribution in [0.5, 0.6) is 0 Å². The molecule has 0 fully saturated rings. The average molecular weight is 257 g/mol. The molecule has 0 saturated carbocycles. The molecule has 0 amide bonds. The van der Waals surface area contributed by atoms with Gasteiger partial charge < -0.3 is 5.32 Å². The van der Waals surface area contributed by atoms with E-state index >= 15 is 0 Å². The molecular weight excluding hydrogens is 234 g/mol. The fraction of sp³-hybridized carbons (Fsp3) is 0.438. The minimum absolute atomic E-state index is 0.327. The second-order valence-corrected chi connectivity index (χ2v) is 5.03. The van der Waals surface area contributed by atoms with Gasteiger partial charge in [0.1, 0.15) is 0 Å². The van der Waals surface area contributed by atoms with Gasteiger partial charge in [0.15, 0.2) is 0 Å². The Morgan fingerprint density at radius 3 is 2.58 bits per heavy atom. The third-order valence-corrected chi connectivity index (χ3v) is 3.32. The van der Waals surface area contributed by atoms with Crippen molar-refractivity contribution >= 4 is 0 Å². The van der Waals surface area contributed by atoms with E-state index in [1.54, 1.807) is 0 Å². The largest absolute Gasteiger partial charge is 0.308 e. The lowest BCUT2D eigenvalue weighted by Crippen LogP contribution is -2.26. The summed E-state index contributed by atoms with van der Waals surface area (Å²) in [4.78, 5) is 0. The first kappa shape index (κ1) is 13.8. The summed E-state index contributed by atoms with van der Waals surface area (Å²) in [5, 5.41) is 8.09. The standard InChI is InChI=1S/C16H23N3/c1-4-10-17-15(12-14-8-6-5-7-9-14)16-11-13(2)18-19(16)3/h5-9,11,15,17H,4,10,12H2,1-3H3. The lowest BCUT2D eigenvalue weighted by Gasteiger charge is -2.19. The number of hydrogen-bond acceptors (Lipinski definition) is 2. The van der Waals surface area contributed by atoms with Gasteiger partial charge in [-0.3, -0.25) is 4.68 Å². The van der Waals surface area contributed by atoms with Crippen molar-refractivity contribution in [2.75, 3.05) is 6.54 Å². The Morgan fingerprint density at radius 1 is 1.26 bits per heavy atom. The maximum Gasteiger partial charge on any atom is 0.0597 e. The zero-order valence-electron chi connectivity index (χ0n) is 12.1. The lowest BCUT2D eigenvalue weighted by molar-refractivity contribution is 0.493. The van der Waals surface area contributed by atoms with E-state index < -0.39 is 0 Å². The van der Waals surface area contributed by atoms with Crippen LogP contribution in [0.3, 0.4) is 0 Å². The summed E-state index contributed by atoms with van der Waals surface area (Å²) in [6, 6.07) is 13.1. The van der Waals surface area contributed by atoms with Crippen LogP contribution in [0.2, 0.25) is 0 Å². The van der Waals surface area contributed by atoms with Crippen molar-refractivity contribution in [1.29, 1.82) is 0 Å². The van der Waals surface area contributed by atoms with Crippen molar-refractivity contribution in [1.82, 2.24) is 15.1 Å². The second kappa shape index (κ2) is 6.53. The number of nitrogens with one attached hydrogen (secondary N) is 1. The molecule has 19 heavy (non-hydrogen) atoms. The molecule has 0 aliphatic carbocycles. The van der Waals surface area contributed by atoms with Crippen molar-refractivity contribution in [3.05, 3.63) is 53.3 Å². The quantitative estimate of drug-likeness (QED) is 0.862. The first-order valence-electron chi connectivity index (χ1n) is 6.98. The van der Waals surface area contributed by atoms with Crippen LogP contribution < -0.4 is 5.32 Å². The normalized spacial score (nSPS) is 12.6. The highest BCUT2D eigenvalue weighted by atomic mass is 15.3. The molecule has 1 unspecified atom stereocenters. The van der Waals surface area contributed by atoms with Gasteiger partial charge in [0.2, 0.25) is 0 Å². The molecule has 1 aromatic heterocycles. The van der Waals surface area contributed by atoms with E-state index in [-0.39, 0.29) is 0 Å². The van der Waals surface area contributed by atoms with E-state index in [0.29, 0.717) is 6.04 Å². The first-order valence-corrected chi connectivity index (χ1v) is 6.98. The molecule has 3 nitrogen and oxygen atoms in total. The molecule has 1 heterocycles. The summed E-state index contributed by atoms with van der Waals surface area (Å²) in [5.74, 6) is 0. The van der Waals surface area contributed by atoms with Crippen LogP contribution in [0.25, 0.3) is 0 Å². The van der Waals surface area contributed by atoms with Crippen LogP contribution in [-0.2, 0) is 13.5 Å².